The summed E-state index contributed by atoms with van der Waals surface area (Å²) in [7, 11) is -3.37. The summed E-state index contributed by atoms with van der Waals surface area (Å²) in [5.41, 5.74) is 0.906. The second-order valence-corrected chi connectivity index (χ2v) is 7.13. The van der Waals surface area contributed by atoms with Crippen LogP contribution in [0.15, 0.2) is 29.2 Å². The number of sulfonamides is 1. The quantitative estimate of drug-likeness (QED) is 0.570. The molecular weight excluding hydrogens is 296 g/mol. The van der Waals surface area contributed by atoms with E-state index in [0.29, 0.717) is 6.54 Å². The van der Waals surface area contributed by atoms with Crippen molar-refractivity contribution in [2.75, 3.05) is 36.5 Å². The van der Waals surface area contributed by atoms with E-state index in [4.69, 9.17) is 5.11 Å². The minimum absolute atomic E-state index is 0.238. The molecule has 1 aromatic rings. The van der Waals surface area contributed by atoms with Crippen molar-refractivity contribution in [3.8, 4) is 0 Å². The Labute approximate surface area is 125 Å². The van der Waals surface area contributed by atoms with Crippen LogP contribution in [-0.4, -0.2) is 44.7 Å². The van der Waals surface area contributed by atoms with Crippen molar-refractivity contribution in [2.24, 2.45) is 0 Å². The van der Waals surface area contributed by atoms with E-state index in [1.54, 1.807) is 43.0 Å². The molecule has 0 atom stereocenters. The molecule has 0 fully saturated rings. The van der Waals surface area contributed by atoms with Crippen LogP contribution in [0, 0.1) is 0 Å². The molecule has 0 heterocycles. The Bertz CT molecular complexity index is 475. The highest BCUT2D eigenvalue weighted by Crippen LogP contribution is 2.14. The van der Waals surface area contributed by atoms with Crippen molar-refractivity contribution < 1.29 is 13.5 Å². The van der Waals surface area contributed by atoms with E-state index >= 15 is 0 Å². The Morgan fingerprint density at radius 1 is 1.20 bits per heavy atom. The van der Waals surface area contributed by atoms with Gasteiger partial charge in [-0.05, 0) is 36.4 Å². The third-order valence-corrected chi connectivity index (χ3v) is 5.15. The molecule has 0 aromatic heterocycles. The summed E-state index contributed by atoms with van der Waals surface area (Å²) in [4.78, 5) is 0.280. The number of thioether (sulfide) groups is 1. The van der Waals surface area contributed by atoms with E-state index in [1.165, 1.54) is 0 Å². The van der Waals surface area contributed by atoms with Gasteiger partial charge in [-0.3, -0.25) is 0 Å². The largest absolute Gasteiger partial charge is 0.396 e. The zero-order valence-electron chi connectivity index (χ0n) is 11.6. The van der Waals surface area contributed by atoms with Gasteiger partial charge in [0.05, 0.1) is 4.90 Å². The first-order chi connectivity index (χ1) is 9.60. The van der Waals surface area contributed by atoms with Crippen LogP contribution in [0.25, 0.3) is 0 Å². The normalized spacial score (nSPS) is 11.5. The summed E-state index contributed by atoms with van der Waals surface area (Å²) >= 11 is 1.78. The lowest BCUT2D eigenvalue weighted by Crippen LogP contribution is -2.23. The average Bonchev–Trinajstić information content (AvgIpc) is 2.43. The number of nitrogens with one attached hydrogen (secondary N) is 2. The predicted octanol–water partition coefficient (Wildman–Crippen LogP) is 1.51. The minimum atomic E-state index is -3.37. The van der Waals surface area contributed by atoms with Crippen LogP contribution in [-0.2, 0) is 10.0 Å². The highest BCUT2D eigenvalue weighted by Gasteiger charge is 2.11. The average molecular weight is 318 g/mol. The van der Waals surface area contributed by atoms with Crippen LogP contribution in [0.5, 0.6) is 0 Å². The Hall–Kier alpha value is -0.760. The van der Waals surface area contributed by atoms with Gasteiger partial charge in [0.1, 0.15) is 0 Å². The molecule has 0 saturated heterocycles. The maximum Gasteiger partial charge on any atom is 0.240 e. The van der Waals surface area contributed by atoms with Crippen molar-refractivity contribution in [1.29, 1.82) is 0 Å². The van der Waals surface area contributed by atoms with Crippen LogP contribution >= 0.6 is 11.8 Å². The number of rotatable bonds is 10. The molecule has 0 aliphatic rings. The highest BCUT2D eigenvalue weighted by atomic mass is 32.2. The Kier molecular flexibility index (Phi) is 7.98. The van der Waals surface area contributed by atoms with Crippen LogP contribution in [0.2, 0.25) is 0 Å². The van der Waals surface area contributed by atoms with Gasteiger partial charge in [-0.15, -0.1) is 0 Å². The number of aliphatic hydroxyl groups excluding tert-OH is 1. The molecule has 1 aromatic carbocycles. The third kappa shape index (κ3) is 6.13. The maximum absolute atomic E-state index is 11.7. The van der Waals surface area contributed by atoms with Crippen molar-refractivity contribution in [3.05, 3.63) is 24.3 Å². The molecule has 114 valence electrons. The lowest BCUT2D eigenvalue weighted by Gasteiger charge is -2.08. The number of hydrogen-bond acceptors (Lipinski definition) is 5. The van der Waals surface area contributed by atoms with Gasteiger partial charge in [0.15, 0.2) is 0 Å². The summed E-state index contributed by atoms with van der Waals surface area (Å²) in [6.45, 7) is 3.19. The minimum Gasteiger partial charge on any atom is -0.396 e. The van der Waals surface area contributed by atoms with Gasteiger partial charge < -0.3 is 10.4 Å². The number of aliphatic hydroxyl groups is 1. The molecule has 3 N–H and O–H groups in total. The molecule has 0 spiro atoms. The van der Waals surface area contributed by atoms with Gasteiger partial charge in [0, 0.05) is 31.1 Å². The fourth-order valence-electron chi connectivity index (χ4n) is 1.56. The Balaban J connectivity index is 2.39. The van der Waals surface area contributed by atoms with E-state index < -0.39 is 10.0 Å². The number of hydrogen-bond donors (Lipinski definition) is 3. The van der Waals surface area contributed by atoms with Crippen LogP contribution in [0.4, 0.5) is 5.69 Å². The monoisotopic (exact) mass is 318 g/mol. The van der Waals surface area contributed by atoms with Crippen molar-refractivity contribution in [1.82, 2.24) is 4.72 Å². The maximum atomic E-state index is 11.7. The van der Waals surface area contributed by atoms with Gasteiger partial charge in [-0.1, -0.05) is 6.92 Å². The van der Waals surface area contributed by atoms with Gasteiger partial charge >= 0.3 is 0 Å². The molecule has 1 rings (SSSR count). The summed E-state index contributed by atoms with van der Waals surface area (Å²) in [5, 5.41) is 11.9. The lowest BCUT2D eigenvalue weighted by molar-refractivity contribution is 0.296. The van der Waals surface area contributed by atoms with E-state index in [0.717, 1.165) is 30.2 Å². The smallest absolute Gasteiger partial charge is 0.240 e. The first-order valence-electron chi connectivity index (χ1n) is 6.62. The van der Waals surface area contributed by atoms with Crippen LogP contribution in [0.3, 0.4) is 0 Å². The second kappa shape index (κ2) is 9.23. The molecule has 20 heavy (non-hydrogen) atoms. The van der Waals surface area contributed by atoms with E-state index in [9.17, 15) is 8.42 Å². The van der Waals surface area contributed by atoms with Crippen molar-refractivity contribution in [3.63, 3.8) is 0 Å². The second-order valence-electron chi connectivity index (χ2n) is 4.14. The fourth-order valence-corrected chi connectivity index (χ4v) is 3.39. The Morgan fingerprint density at radius 2 is 1.90 bits per heavy atom. The molecule has 0 unspecified atom stereocenters. The summed E-state index contributed by atoms with van der Waals surface area (Å²) in [6.07, 6.45) is 0.821. The van der Waals surface area contributed by atoms with Crippen molar-refractivity contribution >= 4 is 27.5 Å². The highest BCUT2D eigenvalue weighted by molar-refractivity contribution is 7.99. The summed E-state index contributed by atoms with van der Waals surface area (Å²) in [6, 6.07) is 6.73. The van der Waals surface area contributed by atoms with Crippen molar-refractivity contribution in [2.45, 2.75) is 18.2 Å². The summed E-state index contributed by atoms with van der Waals surface area (Å²) in [5.74, 6) is 1.91. The van der Waals surface area contributed by atoms with Gasteiger partial charge in [-0.2, -0.15) is 11.8 Å². The van der Waals surface area contributed by atoms with E-state index in [2.05, 4.69) is 10.0 Å². The molecule has 0 radical (unpaired) electrons. The zero-order valence-corrected chi connectivity index (χ0v) is 13.3. The fraction of sp³-hybridized carbons (Fsp3) is 0.538. The molecule has 0 bridgehead atoms. The predicted molar refractivity (Wildman–Crippen MR) is 84.8 cm³/mol. The molecular formula is C13H22N2O3S2. The van der Waals surface area contributed by atoms with Gasteiger partial charge in [0.25, 0.3) is 0 Å². The first-order valence-corrected chi connectivity index (χ1v) is 9.26. The zero-order chi connectivity index (χ0) is 14.8. The number of anilines is 1. The lowest BCUT2D eigenvalue weighted by atomic mass is 10.3. The van der Waals surface area contributed by atoms with Gasteiger partial charge in [0.2, 0.25) is 10.0 Å². The standard InChI is InChI=1S/C13H22N2O3S2/c1-2-15-20(17,18)13-6-4-12(5-7-13)14-8-11-19-10-3-9-16/h4-7,14-16H,2-3,8-11H2,1H3. The topological polar surface area (TPSA) is 78.4 Å². The molecule has 7 heteroatoms. The van der Waals surface area contributed by atoms with Crippen LogP contribution in [0.1, 0.15) is 13.3 Å². The molecule has 0 saturated carbocycles. The molecule has 0 amide bonds. The molecule has 0 aliphatic carbocycles. The number of benzene rings is 1. The van der Waals surface area contributed by atoms with E-state index in [1.807, 2.05) is 0 Å². The molecule has 0 aliphatic heterocycles. The van der Waals surface area contributed by atoms with Crippen LogP contribution < -0.4 is 10.0 Å². The van der Waals surface area contributed by atoms with Gasteiger partial charge in [-0.25, -0.2) is 13.1 Å². The third-order valence-electron chi connectivity index (χ3n) is 2.52. The molecule has 5 nitrogen and oxygen atoms in total. The first kappa shape index (κ1) is 17.3. The SMILES string of the molecule is CCNS(=O)(=O)c1ccc(NCCSCCCO)cc1. The summed E-state index contributed by atoms with van der Waals surface area (Å²) < 4.78 is 26.0. The Morgan fingerprint density at radius 3 is 2.50 bits per heavy atom. The van der Waals surface area contributed by atoms with E-state index in [-0.39, 0.29) is 11.5 Å².